The Balaban J connectivity index is 0.00000241. The third-order valence-corrected chi connectivity index (χ3v) is 10.3. The molecular formula is C28H43N3O4S2. The highest BCUT2D eigenvalue weighted by Gasteiger charge is 2.34. The van der Waals surface area contributed by atoms with E-state index < -0.39 is 10.0 Å². The molecule has 1 atom stereocenters. The van der Waals surface area contributed by atoms with Crippen molar-refractivity contribution in [2.75, 3.05) is 19.6 Å². The molecule has 2 aromatic rings. The zero-order valence-corrected chi connectivity index (χ0v) is 21.7. The fourth-order valence-electron chi connectivity index (χ4n) is 4.87. The molecule has 2 fully saturated rings. The molecule has 1 aliphatic carbocycles. The van der Waals surface area contributed by atoms with Crippen molar-refractivity contribution in [3.05, 3.63) is 52.9 Å². The van der Waals surface area contributed by atoms with E-state index in [9.17, 15) is 18.0 Å². The lowest BCUT2D eigenvalue weighted by atomic mass is 9.90. The summed E-state index contributed by atoms with van der Waals surface area (Å²) in [7, 11) is -3.58. The first-order valence-electron chi connectivity index (χ1n) is 12.6. The van der Waals surface area contributed by atoms with E-state index in [0.29, 0.717) is 29.4 Å². The molecule has 2 aliphatic rings. The van der Waals surface area contributed by atoms with E-state index in [1.54, 1.807) is 35.7 Å². The molecule has 1 saturated heterocycles. The first-order valence-corrected chi connectivity index (χ1v) is 14.9. The predicted octanol–water partition coefficient (Wildman–Crippen LogP) is 5.44. The fraction of sp³-hybridized carbons (Fsp3) is 0.571. The molecule has 9 heteroatoms. The molecule has 1 unspecified atom stereocenters. The molecule has 37 heavy (non-hydrogen) atoms. The SMILES string of the molecule is C.C.O=C(NCc1csc(S(=O)(=O)N2CCC(CNC(=O)C3CCCCCCC3)C2)c1)c1ccccc1. The van der Waals surface area contributed by atoms with Crippen LogP contribution in [0.3, 0.4) is 0 Å². The van der Waals surface area contributed by atoms with Crippen LogP contribution in [0.5, 0.6) is 0 Å². The minimum atomic E-state index is -3.58. The molecule has 2 N–H and O–H groups in total. The van der Waals surface area contributed by atoms with Gasteiger partial charge in [-0.25, -0.2) is 8.42 Å². The average molecular weight is 550 g/mol. The summed E-state index contributed by atoms with van der Waals surface area (Å²) in [4.78, 5) is 24.9. The quantitative estimate of drug-likeness (QED) is 0.459. The van der Waals surface area contributed by atoms with Gasteiger partial charge in [0.15, 0.2) is 0 Å². The molecule has 0 radical (unpaired) electrons. The first kappa shape index (κ1) is 31.0. The first-order chi connectivity index (χ1) is 16.9. The van der Waals surface area contributed by atoms with E-state index in [0.717, 1.165) is 37.7 Å². The van der Waals surface area contributed by atoms with Gasteiger partial charge in [0.2, 0.25) is 5.91 Å². The van der Waals surface area contributed by atoms with Crippen LogP contribution in [0, 0.1) is 11.8 Å². The Bertz CT molecular complexity index is 1090. The number of carbonyl (C=O) groups excluding carboxylic acids is 2. The van der Waals surface area contributed by atoms with Crippen molar-refractivity contribution in [1.29, 1.82) is 0 Å². The minimum Gasteiger partial charge on any atom is -0.356 e. The van der Waals surface area contributed by atoms with Crippen molar-refractivity contribution < 1.29 is 18.0 Å². The highest BCUT2D eigenvalue weighted by Crippen LogP contribution is 2.29. The summed E-state index contributed by atoms with van der Waals surface area (Å²) in [6.45, 7) is 1.69. The van der Waals surface area contributed by atoms with Crippen molar-refractivity contribution in [3.63, 3.8) is 0 Å². The van der Waals surface area contributed by atoms with Crippen LogP contribution in [0.15, 0.2) is 46.0 Å². The van der Waals surface area contributed by atoms with Crippen molar-refractivity contribution in [1.82, 2.24) is 14.9 Å². The Morgan fingerprint density at radius 1 is 0.946 bits per heavy atom. The number of benzene rings is 1. The second-order valence-electron chi connectivity index (χ2n) is 9.63. The predicted molar refractivity (Wildman–Crippen MR) is 151 cm³/mol. The van der Waals surface area contributed by atoms with E-state index in [4.69, 9.17) is 0 Å². The number of thiophene rings is 1. The minimum absolute atomic E-state index is 0. The van der Waals surface area contributed by atoms with Gasteiger partial charge < -0.3 is 10.6 Å². The van der Waals surface area contributed by atoms with E-state index in [2.05, 4.69) is 10.6 Å². The zero-order valence-electron chi connectivity index (χ0n) is 20.1. The monoisotopic (exact) mass is 549 g/mol. The van der Waals surface area contributed by atoms with Crippen LogP contribution in [-0.2, 0) is 21.4 Å². The summed E-state index contributed by atoms with van der Waals surface area (Å²) in [5.41, 5.74) is 1.33. The highest BCUT2D eigenvalue weighted by atomic mass is 32.2. The lowest BCUT2D eigenvalue weighted by Gasteiger charge is -2.20. The average Bonchev–Trinajstić information content (AvgIpc) is 3.52. The van der Waals surface area contributed by atoms with Crippen molar-refractivity contribution in [2.24, 2.45) is 11.8 Å². The second kappa shape index (κ2) is 14.6. The van der Waals surface area contributed by atoms with E-state index in [1.807, 2.05) is 6.07 Å². The Morgan fingerprint density at radius 3 is 2.32 bits per heavy atom. The largest absolute Gasteiger partial charge is 0.356 e. The Kier molecular flexibility index (Phi) is 12.3. The lowest BCUT2D eigenvalue weighted by Crippen LogP contribution is -2.36. The normalized spacial score (nSPS) is 19.1. The topological polar surface area (TPSA) is 95.6 Å². The molecule has 2 amide bonds. The van der Waals surface area contributed by atoms with Gasteiger partial charge in [0, 0.05) is 37.7 Å². The molecule has 206 valence electrons. The van der Waals surface area contributed by atoms with Gasteiger partial charge in [0.25, 0.3) is 15.9 Å². The van der Waals surface area contributed by atoms with E-state index in [-0.39, 0.29) is 45.0 Å². The van der Waals surface area contributed by atoms with Gasteiger partial charge in [0.05, 0.1) is 0 Å². The Hall–Kier alpha value is -2.23. The number of rotatable bonds is 8. The van der Waals surface area contributed by atoms with Crippen LogP contribution < -0.4 is 10.6 Å². The number of hydrogen-bond donors (Lipinski definition) is 2. The fourth-order valence-corrected chi connectivity index (χ4v) is 7.76. The van der Waals surface area contributed by atoms with E-state index >= 15 is 0 Å². The van der Waals surface area contributed by atoms with Gasteiger partial charge in [-0.05, 0) is 54.3 Å². The highest BCUT2D eigenvalue weighted by molar-refractivity contribution is 7.91. The molecule has 1 aromatic carbocycles. The third kappa shape index (κ3) is 8.38. The summed E-state index contributed by atoms with van der Waals surface area (Å²) < 4.78 is 28.2. The standard InChI is InChI=1S/C26H35N3O4S2.2CH4/c30-25(22-9-5-2-1-3-6-10-22)27-16-20-13-14-29(18-20)35(32,33)24-15-21(19-34-24)17-28-26(31)23-11-7-4-8-12-23;;/h4,7-8,11-12,15,19-20,22H,1-3,5-6,9-10,13-14,16-18H2,(H,27,30)(H,28,31);2*1H4. The molecule has 1 aromatic heterocycles. The van der Waals surface area contributed by atoms with Crippen LogP contribution in [0.4, 0.5) is 0 Å². The molecule has 1 saturated carbocycles. The zero-order chi connectivity index (χ0) is 24.7. The van der Waals surface area contributed by atoms with Crippen molar-refractivity contribution >= 4 is 33.2 Å². The number of sulfonamides is 1. The number of nitrogens with zero attached hydrogens (tertiary/aromatic N) is 1. The van der Waals surface area contributed by atoms with Crippen molar-refractivity contribution in [2.45, 2.75) is 77.0 Å². The van der Waals surface area contributed by atoms with Crippen LogP contribution in [0.25, 0.3) is 0 Å². The molecule has 7 nitrogen and oxygen atoms in total. The molecule has 2 heterocycles. The van der Waals surface area contributed by atoms with Crippen LogP contribution in [0.2, 0.25) is 0 Å². The number of amides is 2. The molecule has 1 aliphatic heterocycles. The van der Waals surface area contributed by atoms with Gasteiger partial charge in [0.1, 0.15) is 4.21 Å². The molecule has 0 spiro atoms. The third-order valence-electron chi connectivity index (χ3n) is 7.00. The van der Waals surface area contributed by atoms with Crippen LogP contribution in [-0.4, -0.2) is 44.2 Å². The lowest BCUT2D eigenvalue weighted by molar-refractivity contribution is -0.125. The second-order valence-corrected chi connectivity index (χ2v) is 12.7. The maximum Gasteiger partial charge on any atom is 0.252 e. The van der Waals surface area contributed by atoms with Crippen molar-refractivity contribution in [3.8, 4) is 0 Å². The number of nitrogens with one attached hydrogen (secondary N) is 2. The van der Waals surface area contributed by atoms with Gasteiger partial charge in [-0.3, -0.25) is 9.59 Å². The summed E-state index contributed by atoms with van der Waals surface area (Å²) in [5.74, 6) is 0.175. The molecular weight excluding hydrogens is 506 g/mol. The van der Waals surface area contributed by atoms with Gasteiger partial charge in [-0.2, -0.15) is 4.31 Å². The van der Waals surface area contributed by atoms with Gasteiger partial charge in [-0.15, -0.1) is 11.3 Å². The number of hydrogen-bond acceptors (Lipinski definition) is 5. The Labute approximate surface area is 227 Å². The molecule has 0 bridgehead atoms. The number of carbonyl (C=O) groups is 2. The maximum absolute atomic E-state index is 13.2. The van der Waals surface area contributed by atoms with Crippen LogP contribution in [0.1, 0.15) is 82.1 Å². The molecule has 4 rings (SSSR count). The Morgan fingerprint density at radius 2 is 1.62 bits per heavy atom. The summed E-state index contributed by atoms with van der Waals surface area (Å²) in [6, 6.07) is 10.6. The summed E-state index contributed by atoms with van der Waals surface area (Å²) >= 11 is 1.18. The van der Waals surface area contributed by atoms with Gasteiger partial charge in [-0.1, -0.05) is 65.2 Å². The smallest absolute Gasteiger partial charge is 0.252 e. The summed E-state index contributed by atoms with van der Waals surface area (Å²) in [5, 5.41) is 7.72. The van der Waals surface area contributed by atoms with Crippen LogP contribution >= 0.6 is 11.3 Å². The summed E-state index contributed by atoms with van der Waals surface area (Å²) in [6.07, 6.45) is 8.60. The maximum atomic E-state index is 13.2. The van der Waals surface area contributed by atoms with Gasteiger partial charge >= 0.3 is 0 Å². The van der Waals surface area contributed by atoms with E-state index in [1.165, 1.54) is 34.9 Å².